The molecule has 0 aromatic heterocycles. The average molecular weight is 203 g/mol. The van der Waals surface area contributed by atoms with E-state index in [9.17, 15) is 0 Å². The first-order valence-electron chi connectivity index (χ1n) is 5.60. The number of hydrogen-bond acceptors (Lipinski definition) is 0. The summed E-state index contributed by atoms with van der Waals surface area (Å²) >= 11 is 6.41. The maximum absolute atomic E-state index is 6.41. The first-order chi connectivity index (χ1) is 5.96. The molecule has 0 aromatic rings. The average Bonchev–Trinajstić information content (AvgIpc) is 2.25. The Bertz CT molecular complexity index is 163. The topological polar surface area (TPSA) is 0 Å². The number of hydrogen-bond donors (Lipinski definition) is 0. The minimum atomic E-state index is 0.418. The Labute approximate surface area is 88.1 Å². The van der Waals surface area contributed by atoms with Crippen LogP contribution in [0.25, 0.3) is 0 Å². The van der Waals surface area contributed by atoms with Gasteiger partial charge in [0.25, 0.3) is 0 Å². The third kappa shape index (κ3) is 2.87. The summed E-state index contributed by atoms with van der Waals surface area (Å²) in [5.74, 6) is 1.58. The standard InChI is InChI=1S/C12H23Cl/c1-5-6-11(13)10-8-12(3,4)7-9(10)2/h9-11H,5-8H2,1-4H3. The van der Waals surface area contributed by atoms with Crippen LogP contribution in [0, 0.1) is 17.3 Å². The predicted octanol–water partition coefficient (Wildman–Crippen LogP) is 4.47. The summed E-state index contributed by atoms with van der Waals surface area (Å²) in [4.78, 5) is 0. The van der Waals surface area contributed by atoms with Gasteiger partial charge in [-0.3, -0.25) is 0 Å². The van der Waals surface area contributed by atoms with Crippen molar-refractivity contribution >= 4 is 11.6 Å². The van der Waals surface area contributed by atoms with Crippen molar-refractivity contribution in [2.24, 2.45) is 17.3 Å². The molecule has 0 aromatic carbocycles. The summed E-state index contributed by atoms with van der Waals surface area (Å²) in [6.45, 7) is 9.34. The fraction of sp³-hybridized carbons (Fsp3) is 1.00. The van der Waals surface area contributed by atoms with Crippen LogP contribution in [0.3, 0.4) is 0 Å². The fourth-order valence-corrected chi connectivity index (χ4v) is 3.48. The van der Waals surface area contributed by atoms with Crippen LogP contribution < -0.4 is 0 Å². The Morgan fingerprint density at radius 2 is 2.00 bits per heavy atom. The summed E-state index contributed by atoms with van der Waals surface area (Å²) in [7, 11) is 0. The Hall–Kier alpha value is 0.290. The molecule has 0 N–H and O–H groups in total. The molecular weight excluding hydrogens is 180 g/mol. The van der Waals surface area contributed by atoms with Crippen molar-refractivity contribution in [2.75, 3.05) is 0 Å². The normalized spacial score (nSPS) is 34.8. The molecular formula is C12H23Cl. The highest BCUT2D eigenvalue weighted by Gasteiger charge is 2.39. The Balaban J connectivity index is 2.52. The lowest BCUT2D eigenvalue weighted by molar-refractivity contribution is 0.353. The van der Waals surface area contributed by atoms with E-state index in [1.165, 1.54) is 25.7 Å². The summed E-state index contributed by atoms with van der Waals surface area (Å²) in [6, 6.07) is 0. The molecule has 13 heavy (non-hydrogen) atoms. The molecule has 1 aliphatic rings. The van der Waals surface area contributed by atoms with E-state index in [2.05, 4.69) is 27.7 Å². The van der Waals surface area contributed by atoms with Crippen LogP contribution in [-0.4, -0.2) is 5.38 Å². The van der Waals surface area contributed by atoms with E-state index in [-0.39, 0.29) is 0 Å². The number of halogens is 1. The first kappa shape index (κ1) is 11.4. The van der Waals surface area contributed by atoms with Gasteiger partial charge in [0.2, 0.25) is 0 Å². The van der Waals surface area contributed by atoms with Crippen LogP contribution in [0.1, 0.15) is 53.4 Å². The Morgan fingerprint density at radius 1 is 1.38 bits per heavy atom. The van der Waals surface area contributed by atoms with E-state index in [0.717, 1.165) is 11.8 Å². The smallest absolute Gasteiger partial charge is 0.0366 e. The van der Waals surface area contributed by atoms with Crippen molar-refractivity contribution in [3.63, 3.8) is 0 Å². The molecule has 1 aliphatic carbocycles. The molecule has 0 amide bonds. The van der Waals surface area contributed by atoms with Gasteiger partial charge >= 0.3 is 0 Å². The van der Waals surface area contributed by atoms with Crippen LogP contribution in [0.2, 0.25) is 0 Å². The van der Waals surface area contributed by atoms with Gasteiger partial charge in [-0.05, 0) is 36.5 Å². The molecule has 1 rings (SSSR count). The monoisotopic (exact) mass is 202 g/mol. The van der Waals surface area contributed by atoms with Crippen molar-refractivity contribution in [2.45, 2.75) is 58.8 Å². The molecule has 0 bridgehead atoms. The zero-order valence-electron chi connectivity index (χ0n) is 9.44. The third-order valence-corrected chi connectivity index (χ3v) is 3.96. The molecule has 1 fully saturated rings. The van der Waals surface area contributed by atoms with E-state index < -0.39 is 0 Å². The minimum Gasteiger partial charge on any atom is -0.123 e. The third-order valence-electron chi connectivity index (χ3n) is 3.42. The van der Waals surface area contributed by atoms with Crippen LogP contribution >= 0.6 is 11.6 Å². The molecule has 1 heteroatoms. The molecule has 3 unspecified atom stereocenters. The van der Waals surface area contributed by atoms with Crippen molar-refractivity contribution in [1.29, 1.82) is 0 Å². The second kappa shape index (κ2) is 4.21. The van der Waals surface area contributed by atoms with Gasteiger partial charge < -0.3 is 0 Å². The SMILES string of the molecule is CCCC(Cl)C1CC(C)(C)CC1C. The largest absolute Gasteiger partial charge is 0.123 e. The Kier molecular flexibility index (Phi) is 3.68. The quantitative estimate of drug-likeness (QED) is 0.593. The van der Waals surface area contributed by atoms with Gasteiger partial charge in [-0.2, -0.15) is 0 Å². The van der Waals surface area contributed by atoms with Crippen molar-refractivity contribution in [3.8, 4) is 0 Å². The van der Waals surface area contributed by atoms with Gasteiger partial charge in [0, 0.05) is 5.38 Å². The van der Waals surface area contributed by atoms with E-state index in [0.29, 0.717) is 10.8 Å². The maximum Gasteiger partial charge on any atom is 0.0366 e. The second-order valence-electron chi connectivity index (χ2n) is 5.52. The summed E-state index contributed by atoms with van der Waals surface area (Å²) < 4.78 is 0. The molecule has 0 spiro atoms. The highest BCUT2D eigenvalue weighted by atomic mass is 35.5. The first-order valence-corrected chi connectivity index (χ1v) is 6.04. The van der Waals surface area contributed by atoms with Crippen molar-refractivity contribution in [3.05, 3.63) is 0 Å². The molecule has 0 heterocycles. The number of rotatable bonds is 3. The van der Waals surface area contributed by atoms with Crippen LogP contribution in [0.5, 0.6) is 0 Å². The summed E-state index contributed by atoms with van der Waals surface area (Å²) in [5.41, 5.74) is 0.533. The maximum atomic E-state index is 6.41. The predicted molar refractivity (Wildman–Crippen MR) is 60.2 cm³/mol. The van der Waals surface area contributed by atoms with E-state index in [1.54, 1.807) is 0 Å². The van der Waals surface area contributed by atoms with Gasteiger partial charge in [-0.25, -0.2) is 0 Å². The van der Waals surface area contributed by atoms with Gasteiger partial charge in [-0.1, -0.05) is 34.1 Å². The molecule has 3 atom stereocenters. The second-order valence-corrected chi connectivity index (χ2v) is 6.08. The minimum absolute atomic E-state index is 0.418. The van der Waals surface area contributed by atoms with Crippen molar-refractivity contribution < 1.29 is 0 Å². The van der Waals surface area contributed by atoms with Gasteiger partial charge in [0.05, 0.1) is 0 Å². The van der Waals surface area contributed by atoms with Crippen molar-refractivity contribution in [1.82, 2.24) is 0 Å². The zero-order valence-corrected chi connectivity index (χ0v) is 10.2. The lowest BCUT2D eigenvalue weighted by Gasteiger charge is -2.21. The summed E-state index contributed by atoms with van der Waals surface area (Å²) in [5, 5.41) is 0.418. The van der Waals surface area contributed by atoms with Crippen LogP contribution in [-0.2, 0) is 0 Å². The van der Waals surface area contributed by atoms with Gasteiger partial charge in [0.15, 0.2) is 0 Å². The van der Waals surface area contributed by atoms with Crippen LogP contribution in [0.15, 0.2) is 0 Å². The van der Waals surface area contributed by atoms with Gasteiger partial charge in [0.1, 0.15) is 0 Å². The van der Waals surface area contributed by atoms with E-state index in [4.69, 9.17) is 11.6 Å². The lowest BCUT2D eigenvalue weighted by atomic mass is 9.89. The lowest BCUT2D eigenvalue weighted by Crippen LogP contribution is -2.17. The Morgan fingerprint density at radius 3 is 2.38 bits per heavy atom. The molecule has 78 valence electrons. The molecule has 0 saturated heterocycles. The van der Waals surface area contributed by atoms with Gasteiger partial charge in [-0.15, -0.1) is 11.6 Å². The molecule has 0 aliphatic heterocycles. The number of alkyl halides is 1. The highest BCUT2D eigenvalue weighted by molar-refractivity contribution is 6.20. The molecule has 1 saturated carbocycles. The highest BCUT2D eigenvalue weighted by Crippen LogP contribution is 2.47. The zero-order chi connectivity index (χ0) is 10.1. The molecule has 0 nitrogen and oxygen atoms in total. The summed E-state index contributed by atoms with van der Waals surface area (Å²) in [6.07, 6.45) is 5.08. The molecule has 0 radical (unpaired) electrons. The fourth-order valence-electron chi connectivity index (χ4n) is 2.92. The van der Waals surface area contributed by atoms with E-state index in [1.807, 2.05) is 0 Å². The van der Waals surface area contributed by atoms with Crippen LogP contribution in [0.4, 0.5) is 0 Å². The van der Waals surface area contributed by atoms with E-state index >= 15 is 0 Å².